The van der Waals surface area contributed by atoms with Crippen molar-refractivity contribution < 1.29 is 24.0 Å². The van der Waals surface area contributed by atoms with E-state index in [2.05, 4.69) is 5.32 Å². The van der Waals surface area contributed by atoms with Crippen LogP contribution in [0.2, 0.25) is 0 Å². The zero-order valence-corrected chi connectivity index (χ0v) is 14.8. The molecule has 2 N–H and O–H groups in total. The molecule has 1 saturated heterocycles. The van der Waals surface area contributed by atoms with Crippen LogP contribution in [-0.4, -0.2) is 41.3 Å². The van der Waals surface area contributed by atoms with Crippen LogP contribution >= 0.6 is 0 Å². The molecule has 0 bridgehead atoms. The Labute approximate surface area is 142 Å². The molecule has 1 heterocycles. The van der Waals surface area contributed by atoms with Gasteiger partial charge in [0, 0.05) is 13.3 Å². The first-order valence-electron chi connectivity index (χ1n) is 7.96. The molecule has 1 aliphatic heterocycles. The molecule has 2 rings (SSSR count). The summed E-state index contributed by atoms with van der Waals surface area (Å²) in [6.07, 6.45) is 0.221. The van der Waals surface area contributed by atoms with E-state index in [0.29, 0.717) is 0 Å². The molecule has 1 amide bonds. The SMILES string of the molecule is CC(=O)NC(Cc1ccc(B2OC(C)(C)C(C)(C)O2)cc1)C(=O)O. The number of carbonyl (C=O) groups excluding carboxylic acids is 1. The highest BCUT2D eigenvalue weighted by atomic mass is 16.7. The minimum Gasteiger partial charge on any atom is -0.480 e. The number of hydrogen-bond donors (Lipinski definition) is 2. The summed E-state index contributed by atoms with van der Waals surface area (Å²) in [4.78, 5) is 22.3. The summed E-state index contributed by atoms with van der Waals surface area (Å²) >= 11 is 0. The van der Waals surface area contributed by atoms with Crippen molar-refractivity contribution in [3.8, 4) is 0 Å². The number of carbonyl (C=O) groups is 2. The molecule has 0 aliphatic carbocycles. The predicted molar refractivity (Wildman–Crippen MR) is 91.1 cm³/mol. The summed E-state index contributed by atoms with van der Waals surface area (Å²) in [5.41, 5.74) is 0.881. The Morgan fingerprint density at radius 3 is 2.04 bits per heavy atom. The smallest absolute Gasteiger partial charge is 0.480 e. The fraction of sp³-hybridized carbons (Fsp3) is 0.529. The summed E-state index contributed by atoms with van der Waals surface area (Å²) in [7, 11) is -0.449. The van der Waals surface area contributed by atoms with Gasteiger partial charge < -0.3 is 19.7 Å². The molecule has 0 saturated carbocycles. The van der Waals surface area contributed by atoms with E-state index in [1.165, 1.54) is 6.92 Å². The zero-order valence-electron chi connectivity index (χ0n) is 14.8. The van der Waals surface area contributed by atoms with Gasteiger partial charge in [-0.25, -0.2) is 4.79 Å². The Kier molecular flexibility index (Phi) is 5.06. The maximum absolute atomic E-state index is 11.2. The van der Waals surface area contributed by atoms with Gasteiger partial charge in [-0.05, 0) is 38.7 Å². The van der Waals surface area contributed by atoms with Gasteiger partial charge >= 0.3 is 13.1 Å². The number of rotatable bonds is 5. The molecule has 1 unspecified atom stereocenters. The first-order valence-corrected chi connectivity index (χ1v) is 7.96. The van der Waals surface area contributed by atoms with Crippen LogP contribution in [-0.2, 0) is 25.3 Å². The number of carboxylic acids is 1. The minimum atomic E-state index is -1.06. The molecule has 6 nitrogen and oxygen atoms in total. The third-order valence-electron chi connectivity index (χ3n) is 4.62. The molecule has 1 aromatic rings. The second-order valence-corrected chi connectivity index (χ2v) is 7.13. The second kappa shape index (κ2) is 6.57. The molecule has 1 aromatic carbocycles. The molecular weight excluding hydrogens is 309 g/mol. The van der Waals surface area contributed by atoms with Gasteiger partial charge in [0.05, 0.1) is 11.2 Å². The Bertz CT molecular complexity index is 610. The van der Waals surface area contributed by atoms with Crippen molar-refractivity contribution in [3.63, 3.8) is 0 Å². The van der Waals surface area contributed by atoms with Gasteiger partial charge in [-0.1, -0.05) is 24.3 Å². The zero-order chi connectivity index (χ0) is 18.1. The third kappa shape index (κ3) is 3.97. The van der Waals surface area contributed by atoms with Gasteiger partial charge in [-0.2, -0.15) is 0 Å². The van der Waals surface area contributed by atoms with Crippen LogP contribution in [0.4, 0.5) is 0 Å². The molecule has 0 aromatic heterocycles. The van der Waals surface area contributed by atoms with Crippen molar-refractivity contribution in [1.82, 2.24) is 5.32 Å². The van der Waals surface area contributed by atoms with Crippen molar-refractivity contribution in [2.75, 3.05) is 0 Å². The highest BCUT2D eigenvalue weighted by Gasteiger charge is 2.51. The van der Waals surface area contributed by atoms with Gasteiger partial charge in [0.15, 0.2) is 0 Å². The van der Waals surface area contributed by atoms with Gasteiger partial charge in [-0.3, -0.25) is 4.79 Å². The molecule has 7 heteroatoms. The number of nitrogens with one attached hydrogen (secondary N) is 1. The summed E-state index contributed by atoms with van der Waals surface area (Å²) in [5, 5.41) is 11.6. The predicted octanol–water partition coefficient (Wildman–Crippen LogP) is 1.12. The number of amides is 1. The third-order valence-corrected chi connectivity index (χ3v) is 4.62. The van der Waals surface area contributed by atoms with E-state index in [1.807, 2.05) is 52.0 Å². The molecule has 24 heavy (non-hydrogen) atoms. The summed E-state index contributed by atoms with van der Waals surface area (Å²) < 4.78 is 12.0. The van der Waals surface area contributed by atoms with Gasteiger partial charge in [-0.15, -0.1) is 0 Å². The van der Waals surface area contributed by atoms with Crippen LogP contribution in [0.25, 0.3) is 0 Å². The standard InChI is InChI=1S/C17H24BNO5/c1-11(20)19-14(15(21)22)10-12-6-8-13(9-7-12)18-23-16(2,3)17(4,5)24-18/h6-9,14H,10H2,1-5H3,(H,19,20)(H,21,22). The van der Waals surface area contributed by atoms with E-state index in [0.717, 1.165) is 11.0 Å². The Balaban J connectivity index is 2.08. The van der Waals surface area contributed by atoms with E-state index in [4.69, 9.17) is 9.31 Å². The monoisotopic (exact) mass is 333 g/mol. The average molecular weight is 333 g/mol. The first-order chi connectivity index (χ1) is 11.0. The summed E-state index contributed by atoms with van der Waals surface area (Å²) in [6, 6.07) is 6.45. The number of aliphatic carboxylic acids is 1. The van der Waals surface area contributed by atoms with Crippen LogP contribution in [0.1, 0.15) is 40.2 Å². The number of carboxylic acid groups (broad SMARTS) is 1. The lowest BCUT2D eigenvalue weighted by molar-refractivity contribution is -0.141. The first kappa shape index (κ1) is 18.5. The lowest BCUT2D eigenvalue weighted by Crippen LogP contribution is -2.41. The van der Waals surface area contributed by atoms with Crippen molar-refractivity contribution in [1.29, 1.82) is 0 Å². The fourth-order valence-corrected chi connectivity index (χ4v) is 2.47. The lowest BCUT2D eigenvalue weighted by Gasteiger charge is -2.32. The van der Waals surface area contributed by atoms with E-state index in [9.17, 15) is 14.7 Å². The molecule has 1 fully saturated rings. The maximum atomic E-state index is 11.2. The highest BCUT2D eigenvalue weighted by molar-refractivity contribution is 6.62. The Morgan fingerprint density at radius 1 is 1.12 bits per heavy atom. The summed E-state index contributed by atoms with van der Waals surface area (Å²) in [5.74, 6) is -1.42. The van der Waals surface area contributed by atoms with E-state index in [-0.39, 0.29) is 12.3 Å². The molecule has 0 radical (unpaired) electrons. The molecule has 0 spiro atoms. The number of benzene rings is 1. The number of hydrogen-bond acceptors (Lipinski definition) is 4. The molecule has 130 valence electrons. The fourth-order valence-electron chi connectivity index (χ4n) is 2.47. The van der Waals surface area contributed by atoms with E-state index >= 15 is 0 Å². The quantitative estimate of drug-likeness (QED) is 0.789. The second-order valence-electron chi connectivity index (χ2n) is 7.13. The topological polar surface area (TPSA) is 84.9 Å². The molecule has 1 atom stereocenters. The normalized spacial score (nSPS) is 19.8. The van der Waals surface area contributed by atoms with Crippen LogP contribution < -0.4 is 10.8 Å². The average Bonchev–Trinajstić information content (AvgIpc) is 2.67. The highest BCUT2D eigenvalue weighted by Crippen LogP contribution is 2.36. The van der Waals surface area contributed by atoms with Crippen LogP contribution in [0.15, 0.2) is 24.3 Å². The van der Waals surface area contributed by atoms with Gasteiger partial charge in [0.2, 0.25) is 5.91 Å². The minimum absolute atomic E-state index is 0.221. The largest absolute Gasteiger partial charge is 0.494 e. The van der Waals surface area contributed by atoms with Crippen molar-refractivity contribution in [2.24, 2.45) is 0 Å². The van der Waals surface area contributed by atoms with Crippen LogP contribution in [0.5, 0.6) is 0 Å². The van der Waals surface area contributed by atoms with E-state index < -0.39 is 30.3 Å². The lowest BCUT2D eigenvalue weighted by atomic mass is 9.78. The Morgan fingerprint density at radius 2 is 1.62 bits per heavy atom. The summed E-state index contributed by atoms with van der Waals surface area (Å²) in [6.45, 7) is 9.27. The van der Waals surface area contributed by atoms with Crippen molar-refractivity contribution >= 4 is 24.5 Å². The molecular formula is C17H24BNO5. The van der Waals surface area contributed by atoms with Gasteiger partial charge in [0.25, 0.3) is 0 Å². The van der Waals surface area contributed by atoms with Crippen LogP contribution in [0.3, 0.4) is 0 Å². The van der Waals surface area contributed by atoms with Crippen molar-refractivity contribution in [2.45, 2.75) is 58.3 Å². The van der Waals surface area contributed by atoms with Crippen LogP contribution in [0, 0.1) is 0 Å². The van der Waals surface area contributed by atoms with Gasteiger partial charge in [0.1, 0.15) is 6.04 Å². The Hall–Kier alpha value is -1.86. The van der Waals surface area contributed by atoms with Crippen molar-refractivity contribution in [3.05, 3.63) is 29.8 Å². The molecule has 1 aliphatic rings. The van der Waals surface area contributed by atoms with E-state index in [1.54, 1.807) is 0 Å². The maximum Gasteiger partial charge on any atom is 0.494 e.